The van der Waals surface area contributed by atoms with Gasteiger partial charge in [0.15, 0.2) is 0 Å². The van der Waals surface area contributed by atoms with Crippen LogP contribution in [0.15, 0.2) is 30.6 Å². The Morgan fingerprint density at radius 3 is 2.42 bits per heavy atom. The van der Waals surface area contributed by atoms with Gasteiger partial charge in [-0.15, -0.1) is 5.10 Å². The molecule has 2 heterocycles. The second-order valence-electron chi connectivity index (χ2n) is 7.61. The third-order valence-electron chi connectivity index (χ3n) is 4.78. The number of benzene rings is 1. The summed E-state index contributed by atoms with van der Waals surface area (Å²) in [4.78, 5) is 18.7. The van der Waals surface area contributed by atoms with E-state index in [0.29, 0.717) is 11.7 Å². The molecule has 1 amide bonds. The molecule has 0 unspecified atom stereocenters. The van der Waals surface area contributed by atoms with Crippen molar-refractivity contribution in [3.63, 3.8) is 0 Å². The van der Waals surface area contributed by atoms with E-state index in [1.54, 1.807) is 11.0 Å². The second-order valence-corrected chi connectivity index (χ2v) is 7.61. The SMILES string of the molecule is Cc1ccccc1C1CCN(C(=O)c2ncn(C(C)(C)C)n2)CC1. The van der Waals surface area contributed by atoms with E-state index in [4.69, 9.17) is 0 Å². The van der Waals surface area contributed by atoms with Crippen molar-refractivity contribution >= 4 is 5.91 Å². The number of hydrogen-bond acceptors (Lipinski definition) is 3. The van der Waals surface area contributed by atoms with E-state index in [0.717, 1.165) is 25.9 Å². The van der Waals surface area contributed by atoms with E-state index in [-0.39, 0.29) is 11.4 Å². The van der Waals surface area contributed by atoms with Gasteiger partial charge in [0.25, 0.3) is 5.91 Å². The first kappa shape index (κ1) is 16.7. The van der Waals surface area contributed by atoms with Crippen molar-refractivity contribution in [2.75, 3.05) is 13.1 Å². The predicted molar refractivity (Wildman–Crippen MR) is 94.1 cm³/mol. The topological polar surface area (TPSA) is 51.0 Å². The van der Waals surface area contributed by atoms with Crippen LogP contribution in [0.1, 0.15) is 61.3 Å². The van der Waals surface area contributed by atoms with Crippen LogP contribution in [-0.4, -0.2) is 38.7 Å². The summed E-state index contributed by atoms with van der Waals surface area (Å²) in [7, 11) is 0. The third kappa shape index (κ3) is 3.35. The Morgan fingerprint density at radius 1 is 1.17 bits per heavy atom. The van der Waals surface area contributed by atoms with E-state index in [1.165, 1.54) is 11.1 Å². The fourth-order valence-electron chi connectivity index (χ4n) is 3.26. The lowest BCUT2D eigenvalue weighted by Crippen LogP contribution is -2.38. The average Bonchev–Trinajstić information content (AvgIpc) is 3.05. The molecule has 24 heavy (non-hydrogen) atoms. The lowest BCUT2D eigenvalue weighted by molar-refractivity contribution is 0.0699. The molecule has 0 spiro atoms. The summed E-state index contributed by atoms with van der Waals surface area (Å²) in [5.74, 6) is 0.788. The van der Waals surface area contributed by atoms with Gasteiger partial charge < -0.3 is 4.90 Å². The molecule has 0 N–H and O–H groups in total. The molecule has 0 radical (unpaired) electrons. The monoisotopic (exact) mass is 326 g/mol. The average molecular weight is 326 g/mol. The Bertz CT molecular complexity index is 721. The number of piperidine rings is 1. The maximum atomic E-state index is 12.6. The van der Waals surface area contributed by atoms with Gasteiger partial charge in [0.1, 0.15) is 6.33 Å². The molecule has 1 aromatic carbocycles. The van der Waals surface area contributed by atoms with Crippen molar-refractivity contribution in [3.05, 3.63) is 47.5 Å². The Balaban J connectivity index is 1.65. The zero-order valence-corrected chi connectivity index (χ0v) is 15.0. The third-order valence-corrected chi connectivity index (χ3v) is 4.78. The summed E-state index contributed by atoms with van der Waals surface area (Å²) in [5.41, 5.74) is 2.59. The largest absolute Gasteiger partial charge is 0.336 e. The minimum Gasteiger partial charge on any atom is -0.336 e. The van der Waals surface area contributed by atoms with Crippen molar-refractivity contribution < 1.29 is 4.79 Å². The number of carbonyl (C=O) groups is 1. The van der Waals surface area contributed by atoms with Crippen molar-refractivity contribution in [2.45, 2.75) is 52.0 Å². The number of rotatable bonds is 2. The minimum atomic E-state index is -0.163. The molecule has 3 rings (SSSR count). The van der Waals surface area contributed by atoms with E-state index in [2.05, 4.69) is 41.3 Å². The van der Waals surface area contributed by atoms with Gasteiger partial charge in [-0.05, 0) is 57.6 Å². The summed E-state index contributed by atoms with van der Waals surface area (Å²) >= 11 is 0. The zero-order chi connectivity index (χ0) is 17.3. The van der Waals surface area contributed by atoms with Crippen molar-refractivity contribution in [2.24, 2.45) is 0 Å². The quantitative estimate of drug-likeness (QED) is 0.850. The number of likely N-dealkylation sites (tertiary alicyclic amines) is 1. The normalized spacial score (nSPS) is 16.4. The standard InChI is InChI=1S/C19H26N4O/c1-14-7-5-6-8-16(14)15-9-11-22(12-10-15)18(24)17-20-13-23(21-17)19(2,3)4/h5-8,13,15H,9-12H2,1-4H3. The van der Waals surface area contributed by atoms with Crippen LogP contribution < -0.4 is 0 Å². The van der Waals surface area contributed by atoms with Crippen LogP contribution in [0.5, 0.6) is 0 Å². The highest BCUT2D eigenvalue weighted by Gasteiger charge is 2.28. The van der Waals surface area contributed by atoms with Gasteiger partial charge >= 0.3 is 0 Å². The fourth-order valence-corrected chi connectivity index (χ4v) is 3.26. The number of hydrogen-bond donors (Lipinski definition) is 0. The molecule has 1 aliphatic rings. The molecule has 2 aromatic rings. The summed E-state index contributed by atoms with van der Waals surface area (Å²) in [6.45, 7) is 9.83. The van der Waals surface area contributed by atoms with E-state index < -0.39 is 0 Å². The summed E-state index contributed by atoms with van der Waals surface area (Å²) in [6.07, 6.45) is 3.64. The van der Waals surface area contributed by atoms with Crippen LogP contribution >= 0.6 is 0 Å². The lowest BCUT2D eigenvalue weighted by atomic mass is 9.87. The van der Waals surface area contributed by atoms with Crippen LogP contribution in [0.25, 0.3) is 0 Å². The van der Waals surface area contributed by atoms with E-state index in [1.807, 2.05) is 25.7 Å². The molecule has 5 heteroatoms. The van der Waals surface area contributed by atoms with Crippen molar-refractivity contribution in [3.8, 4) is 0 Å². The van der Waals surface area contributed by atoms with Gasteiger partial charge in [-0.3, -0.25) is 4.79 Å². The summed E-state index contributed by atoms with van der Waals surface area (Å²) in [5, 5.41) is 4.36. The highest BCUT2D eigenvalue weighted by molar-refractivity contribution is 5.90. The Kier molecular flexibility index (Phi) is 4.43. The summed E-state index contributed by atoms with van der Waals surface area (Å²) < 4.78 is 1.75. The molecule has 0 aliphatic carbocycles. The molecule has 1 fully saturated rings. The highest BCUT2D eigenvalue weighted by atomic mass is 16.2. The van der Waals surface area contributed by atoms with Crippen LogP contribution in [0.3, 0.4) is 0 Å². The number of amides is 1. The molecular formula is C19H26N4O. The second kappa shape index (κ2) is 6.38. The smallest absolute Gasteiger partial charge is 0.293 e. The van der Waals surface area contributed by atoms with E-state index >= 15 is 0 Å². The first-order chi connectivity index (χ1) is 11.4. The molecule has 0 saturated carbocycles. The van der Waals surface area contributed by atoms with Gasteiger partial charge in [-0.25, -0.2) is 9.67 Å². The molecule has 0 bridgehead atoms. The highest BCUT2D eigenvalue weighted by Crippen LogP contribution is 2.30. The molecule has 1 aliphatic heterocycles. The van der Waals surface area contributed by atoms with Gasteiger partial charge in [0.2, 0.25) is 5.82 Å². The van der Waals surface area contributed by atoms with Gasteiger partial charge in [-0.1, -0.05) is 24.3 Å². The molecule has 128 valence electrons. The number of carbonyl (C=O) groups excluding carboxylic acids is 1. The summed E-state index contributed by atoms with van der Waals surface area (Å²) in [6, 6.07) is 8.55. The minimum absolute atomic E-state index is 0.0544. The maximum Gasteiger partial charge on any atom is 0.293 e. The van der Waals surface area contributed by atoms with Gasteiger partial charge in [0, 0.05) is 13.1 Å². The lowest BCUT2D eigenvalue weighted by Gasteiger charge is -2.32. The number of nitrogens with zero attached hydrogens (tertiary/aromatic N) is 4. The zero-order valence-electron chi connectivity index (χ0n) is 15.0. The Morgan fingerprint density at radius 2 is 1.83 bits per heavy atom. The van der Waals surface area contributed by atoms with Gasteiger partial charge in [0.05, 0.1) is 5.54 Å². The van der Waals surface area contributed by atoms with Crippen LogP contribution in [0.2, 0.25) is 0 Å². The van der Waals surface area contributed by atoms with Crippen LogP contribution in [-0.2, 0) is 5.54 Å². The number of aryl methyl sites for hydroxylation is 1. The fraction of sp³-hybridized carbons (Fsp3) is 0.526. The first-order valence-corrected chi connectivity index (χ1v) is 8.63. The van der Waals surface area contributed by atoms with Crippen LogP contribution in [0.4, 0.5) is 0 Å². The molecule has 1 saturated heterocycles. The molecule has 5 nitrogen and oxygen atoms in total. The molecular weight excluding hydrogens is 300 g/mol. The Hall–Kier alpha value is -2.17. The Labute approximate surface area is 143 Å². The predicted octanol–water partition coefficient (Wildman–Crippen LogP) is 3.36. The molecule has 1 aromatic heterocycles. The van der Waals surface area contributed by atoms with Crippen molar-refractivity contribution in [1.82, 2.24) is 19.7 Å². The van der Waals surface area contributed by atoms with Crippen molar-refractivity contribution in [1.29, 1.82) is 0 Å². The van der Waals surface area contributed by atoms with Gasteiger partial charge in [-0.2, -0.15) is 0 Å². The number of aromatic nitrogens is 3. The van der Waals surface area contributed by atoms with E-state index in [9.17, 15) is 4.79 Å². The van der Waals surface area contributed by atoms with Crippen LogP contribution in [0, 0.1) is 6.92 Å². The first-order valence-electron chi connectivity index (χ1n) is 8.63. The molecule has 0 atom stereocenters. The maximum absolute atomic E-state index is 12.6.